The molecule has 4 fully saturated rings. The maximum absolute atomic E-state index is 11.9. The van der Waals surface area contributed by atoms with E-state index in [-0.39, 0.29) is 28.3 Å². The molecule has 0 aliphatic heterocycles. The molecular weight excluding hydrogens is 392 g/mol. The van der Waals surface area contributed by atoms with Crippen molar-refractivity contribution in [3.05, 3.63) is 0 Å². The van der Waals surface area contributed by atoms with Gasteiger partial charge in [-0.1, -0.05) is 13.8 Å². The predicted molar refractivity (Wildman–Crippen MR) is 100 cm³/mol. The molecule has 0 heterocycles. The lowest BCUT2D eigenvalue weighted by Crippen LogP contribution is -2.42. The van der Waals surface area contributed by atoms with Gasteiger partial charge < -0.3 is 0 Å². The largest absolute Gasteiger partial charge is 0.299 e. The number of Topliss-reactive ketones (excluding diaryl/α,β-unsaturated/α-hetero) is 1. The van der Waals surface area contributed by atoms with E-state index in [2.05, 4.69) is 0 Å². The molecule has 0 aromatic rings. The summed E-state index contributed by atoms with van der Waals surface area (Å²) >= 11 is 0. The van der Waals surface area contributed by atoms with Crippen molar-refractivity contribution in [1.29, 1.82) is 0 Å². The van der Waals surface area contributed by atoms with Crippen molar-refractivity contribution in [3.8, 4) is 0 Å². The molecule has 0 spiro atoms. The molecule has 156 valence electrons. The minimum atomic E-state index is -4.08. The third-order valence-corrected chi connectivity index (χ3v) is 9.78. The van der Waals surface area contributed by atoms with E-state index in [0.29, 0.717) is 12.8 Å². The number of carbonyl (C=O) groups excluding carboxylic acids is 1. The molecule has 2 unspecified atom stereocenters. The predicted octanol–water partition coefficient (Wildman–Crippen LogP) is 2.72. The lowest BCUT2D eigenvalue weighted by atomic mass is 9.70. The maximum Gasteiger partial charge on any atom is 0.265 e. The van der Waals surface area contributed by atoms with Gasteiger partial charge in [-0.2, -0.15) is 16.8 Å². The molecule has 27 heavy (non-hydrogen) atoms. The van der Waals surface area contributed by atoms with Crippen molar-refractivity contribution < 1.29 is 30.7 Å². The Kier molecular flexibility index (Phi) is 5.11. The Morgan fingerprint density at radius 3 is 1.81 bits per heavy atom. The number of carbonyl (C=O) groups is 1. The van der Waals surface area contributed by atoms with Gasteiger partial charge in [-0.15, -0.1) is 0 Å². The Morgan fingerprint density at radius 2 is 1.48 bits per heavy atom. The fraction of sp³-hybridized carbons (Fsp3) is 0.944. The molecule has 0 amide bonds. The Morgan fingerprint density at radius 1 is 0.926 bits per heavy atom. The highest BCUT2D eigenvalue weighted by Gasteiger charge is 2.65. The van der Waals surface area contributed by atoms with Crippen molar-refractivity contribution >= 4 is 26.0 Å². The van der Waals surface area contributed by atoms with Crippen LogP contribution in [0.25, 0.3) is 0 Å². The van der Waals surface area contributed by atoms with Crippen LogP contribution in [0.5, 0.6) is 0 Å². The number of rotatable bonds is 4. The first-order valence-electron chi connectivity index (χ1n) is 9.62. The van der Waals surface area contributed by atoms with E-state index in [9.17, 15) is 21.6 Å². The Balaban J connectivity index is 0.000000159. The van der Waals surface area contributed by atoms with Gasteiger partial charge in [0.15, 0.2) is 0 Å². The smallest absolute Gasteiger partial charge is 0.265 e. The van der Waals surface area contributed by atoms with Crippen LogP contribution < -0.4 is 0 Å². The Hall–Kier alpha value is -0.510. The summed E-state index contributed by atoms with van der Waals surface area (Å²) in [6.07, 6.45) is 7.31. The summed E-state index contributed by atoms with van der Waals surface area (Å²) in [6, 6.07) is 0. The molecular formula is C18H30O7S2. The van der Waals surface area contributed by atoms with Crippen LogP contribution in [0.3, 0.4) is 0 Å². The van der Waals surface area contributed by atoms with E-state index in [0.717, 1.165) is 44.4 Å². The van der Waals surface area contributed by atoms with Crippen LogP contribution in [0.2, 0.25) is 0 Å². The molecule has 2 atom stereocenters. The summed E-state index contributed by atoms with van der Waals surface area (Å²) in [4.78, 5) is 11.9. The quantitative estimate of drug-likeness (QED) is 0.667. The summed E-state index contributed by atoms with van der Waals surface area (Å²) in [5.74, 6) is 0.638. The van der Waals surface area contributed by atoms with E-state index in [1.165, 1.54) is 0 Å². The van der Waals surface area contributed by atoms with Gasteiger partial charge in [-0.25, -0.2) is 0 Å². The number of hydrogen-bond donors (Lipinski definition) is 2. The topological polar surface area (TPSA) is 126 Å². The van der Waals surface area contributed by atoms with Gasteiger partial charge >= 0.3 is 0 Å². The van der Waals surface area contributed by atoms with Crippen molar-refractivity contribution in [2.24, 2.45) is 28.1 Å². The second-order valence-corrected chi connectivity index (χ2v) is 12.7. The van der Waals surface area contributed by atoms with Crippen molar-refractivity contribution in [2.45, 2.75) is 65.2 Å². The lowest BCUT2D eigenvalue weighted by Gasteiger charge is -2.35. The normalized spacial score (nSPS) is 39.5. The van der Waals surface area contributed by atoms with E-state index < -0.39 is 31.4 Å². The molecule has 2 N–H and O–H groups in total. The molecule has 4 saturated carbocycles. The average Bonchev–Trinajstić information content (AvgIpc) is 3.15. The molecule has 0 aromatic carbocycles. The molecule has 4 rings (SSSR count). The minimum Gasteiger partial charge on any atom is -0.299 e. The molecule has 9 heteroatoms. The second kappa shape index (κ2) is 6.50. The van der Waals surface area contributed by atoms with Crippen LogP contribution in [0.4, 0.5) is 0 Å². The fourth-order valence-electron chi connectivity index (χ4n) is 6.32. The van der Waals surface area contributed by atoms with E-state index in [1.807, 2.05) is 13.8 Å². The summed E-state index contributed by atoms with van der Waals surface area (Å²) in [7, 11) is -7.83. The van der Waals surface area contributed by atoms with Gasteiger partial charge in [0, 0.05) is 6.42 Å². The van der Waals surface area contributed by atoms with Gasteiger partial charge in [0.1, 0.15) is 5.78 Å². The van der Waals surface area contributed by atoms with Crippen LogP contribution in [-0.2, 0) is 25.0 Å². The number of fused-ring (bicyclic) bond motifs is 4. The minimum absolute atomic E-state index is 0.00347. The first kappa shape index (κ1) is 21.2. The van der Waals surface area contributed by atoms with Crippen molar-refractivity contribution in [1.82, 2.24) is 0 Å². The monoisotopic (exact) mass is 422 g/mol. The molecule has 4 aliphatic rings. The van der Waals surface area contributed by atoms with Gasteiger partial charge in [0.2, 0.25) is 0 Å². The molecule has 4 bridgehead atoms. The first-order valence-corrected chi connectivity index (χ1v) is 12.8. The maximum atomic E-state index is 11.9. The van der Waals surface area contributed by atoms with Crippen LogP contribution in [-0.4, -0.2) is 43.2 Å². The first-order chi connectivity index (χ1) is 12.2. The van der Waals surface area contributed by atoms with Gasteiger partial charge in [-0.3, -0.25) is 13.9 Å². The zero-order valence-electron chi connectivity index (χ0n) is 16.0. The van der Waals surface area contributed by atoms with Crippen molar-refractivity contribution in [2.75, 3.05) is 11.5 Å². The lowest BCUT2D eigenvalue weighted by molar-refractivity contribution is -0.128. The van der Waals surface area contributed by atoms with Gasteiger partial charge in [0.05, 0.1) is 16.9 Å². The molecule has 7 nitrogen and oxygen atoms in total. The fourth-order valence-corrected chi connectivity index (χ4v) is 8.80. The third kappa shape index (κ3) is 3.97. The number of hydrogen-bond acceptors (Lipinski definition) is 5. The zero-order chi connectivity index (χ0) is 20.3. The third-order valence-electron chi connectivity index (χ3n) is 7.94. The van der Waals surface area contributed by atoms with Crippen molar-refractivity contribution in [3.63, 3.8) is 0 Å². The van der Waals surface area contributed by atoms with E-state index in [1.54, 1.807) is 0 Å². The highest BCUT2D eigenvalue weighted by molar-refractivity contribution is 7.86. The van der Waals surface area contributed by atoms with Crippen LogP contribution >= 0.6 is 0 Å². The Labute approximate surface area is 161 Å². The summed E-state index contributed by atoms with van der Waals surface area (Å²) in [6.45, 7) is 3.89. The highest BCUT2D eigenvalue weighted by Crippen LogP contribution is 2.64. The average molecular weight is 423 g/mol. The van der Waals surface area contributed by atoms with E-state index >= 15 is 0 Å². The van der Waals surface area contributed by atoms with Crippen LogP contribution in [0.15, 0.2) is 0 Å². The molecule has 0 radical (unpaired) electrons. The molecule has 4 aliphatic carbocycles. The molecule has 0 saturated heterocycles. The highest BCUT2D eigenvalue weighted by atomic mass is 32.2. The zero-order valence-corrected chi connectivity index (χ0v) is 17.6. The van der Waals surface area contributed by atoms with Gasteiger partial charge in [-0.05, 0) is 67.6 Å². The standard InChI is InChI=1S/C10H16O4S.C8H14O3S/c1-9(2)7-3-4-10(9,8(11)5-7)6-15(12,13)14;9-12(10,11)6-8-3-1-7(5-8)2-4-8/h7H,3-6H2,1-2H3,(H,12,13,14);7H,1-6H2,(H,9,10,11). The summed E-state index contributed by atoms with van der Waals surface area (Å²) in [5.41, 5.74) is -1.16. The molecule has 0 aromatic heterocycles. The second-order valence-electron chi connectivity index (χ2n) is 9.77. The van der Waals surface area contributed by atoms with Gasteiger partial charge in [0.25, 0.3) is 20.2 Å². The Bertz CT molecular complexity index is 820. The van der Waals surface area contributed by atoms with Crippen LogP contribution in [0.1, 0.15) is 65.2 Å². The summed E-state index contributed by atoms with van der Waals surface area (Å²) in [5, 5.41) is 0. The number of ketones is 1. The van der Waals surface area contributed by atoms with Crippen LogP contribution in [0, 0.1) is 28.1 Å². The van der Waals surface area contributed by atoms with E-state index in [4.69, 9.17) is 9.11 Å². The summed E-state index contributed by atoms with van der Waals surface area (Å²) < 4.78 is 61.2. The SMILES string of the molecule is CC1(C)C2CCC1(CS(=O)(=O)O)C(=O)C2.O=S(=O)(O)CC12CCC(CC1)C2.